The van der Waals surface area contributed by atoms with Gasteiger partial charge in [0, 0.05) is 12.1 Å². The molecule has 0 spiro atoms. The second-order valence-electron chi connectivity index (χ2n) is 6.69. The van der Waals surface area contributed by atoms with Crippen molar-refractivity contribution in [2.45, 2.75) is 38.3 Å². The van der Waals surface area contributed by atoms with Crippen LogP contribution in [-0.2, 0) is 6.54 Å². The Morgan fingerprint density at radius 2 is 1.88 bits per heavy atom. The molecule has 7 heteroatoms. The minimum absolute atomic E-state index is 0.191. The topological polar surface area (TPSA) is 104 Å². The second kappa shape index (κ2) is 6.33. The van der Waals surface area contributed by atoms with Crippen LogP contribution in [0.15, 0.2) is 35.3 Å². The Hall–Kier alpha value is -2.67. The number of aromatic nitrogens is 4. The van der Waals surface area contributed by atoms with Crippen molar-refractivity contribution < 1.29 is 10.2 Å². The lowest BCUT2D eigenvalue weighted by atomic mass is 9.87. The van der Waals surface area contributed by atoms with Gasteiger partial charge < -0.3 is 10.2 Å². The number of H-pyrrole nitrogens is 1. The fraction of sp³-hybridized carbons (Fsp3) is 0.389. The van der Waals surface area contributed by atoms with Crippen molar-refractivity contribution in [3.05, 3.63) is 40.9 Å². The first-order valence-corrected chi connectivity index (χ1v) is 8.53. The number of aliphatic hydroxyl groups excluding tert-OH is 1. The first-order chi connectivity index (χ1) is 12.1. The molecule has 25 heavy (non-hydrogen) atoms. The van der Waals surface area contributed by atoms with E-state index in [0.29, 0.717) is 29.5 Å². The number of nitrogens with zero attached hydrogens (tertiary/aromatic N) is 3. The molecule has 1 aromatic carbocycles. The van der Waals surface area contributed by atoms with Crippen molar-refractivity contribution in [3.63, 3.8) is 0 Å². The third kappa shape index (κ3) is 3.15. The molecule has 0 aliphatic heterocycles. The van der Waals surface area contributed by atoms with Crippen molar-refractivity contribution in [2.75, 3.05) is 0 Å². The Morgan fingerprint density at radius 3 is 2.60 bits per heavy atom. The average Bonchev–Trinajstić information content (AvgIpc) is 2.92. The van der Waals surface area contributed by atoms with Crippen LogP contribution in [0.3, 0.4) is 0 Å². The van der Waals surface area contributed by atoms with Crippen LogP contribution in [0, 0.1) is 5.92 Å². The average molecular weight is 340 g/mol. The summed E-state index contributed by atoms with van der Waals surface area (Å²) in [6.07, 6.45) is 4.79. The number of phenols is 1. The molecule has 3 N–H and O–H groups in total. The van der Waals surface area contributed by atoms with Crippen LogP contribution in [0.4, 0.5) is 0 Å². The van der Waals surface area contributed by atoms with Gasteiger partial charge in [-0.1, -0.05) is 0 Å². The third-order valence-corrected chi connectivity index (χ3v) is 4.90. The minimum Gasteiger partial charge on any atom is -0.508 e. The molecule has 3 aromatic rings. The number of fused-ring (bicyclic) bond motifs is 1. The summed E-state index contributed by atoms with van der Waals surface area (Å²) in [6.45, 7) is 0.583. The molecule has 0 saturated heterocycles. The van der Waals surface area contributed by atoms with Crippen molar-refractivity contribution in [1.29, 1.82) is 0 Å². The zero-order chi connectivity index (χ0) is 17.4. The summed E-state index contributed by atoms with van der Waals surface area (Å²) >= 11 is 0. The van der Waals surface area contributed by atoms with Crippen molar-refractivity contribution in [2.24, 2.45) is 5.92 Å². The molecule has 7 nitrogen and oxygen atoms in total. The monoisotopic (exact) mass is 340 g/mol. The number of hydrogen-bond donors (Lipinski definition) is 3. The normalized spacial score (nSPS) is 20.8. The van der Waals surface area contributed by atoms with Crippen LogP contribution >= 0.6 is 0 Å². The number of imidazole rings is 1. The van der Waals surface area contributed by atoms with Crippen LogP contribution in [0.5, 0.6) is 5.75 Å². The molecular weight excluding hydrogens is 320 g/mol. The van der Waals surface area contributed by atoms with Gasteiger partial charge in [-0.2, -0.15) is 0 Å². The van der Waals surface area contributed by atoms with E-state index in [-0.39, 0.29) is 17.5 Å². The molecule has 0 atom stereocenters. The van der Waals surface area contributed by atoms with E-state index in [4.69, 9.17) is 0 Å². The first kappa shape index (κ1) is 15.8. The molecule has 4 rings (SSSR count). The number of aliphatic hydroxyl groups is 1. The Morgan fingerprint density at radius 1 is 1.16 bits per heavy atom. The fourth-order valence-electron chi connectivity index (χ4n) is 3.45. The van der Waals surface area contributed by atoms with Gasteiger partial charge in [0.05, 0.1) is 18.0 Å². The number of nitrogens with one attached hydrogen (secondary N) is 1. The zero-order valence-electron chi connectivity index (χ0n) is 13.7. The maximum absolute atomic E-state index is 12.3. The van der Waals surface area contributed by atoms with Crippen LogP contribution in [0.1, 0.15) is 25.7 Å². The Kier molecular flexibility index (Phi) is 4.01. The summed E-state index contributed by atoms with van der Waals surface area (Å²) in [5, 5.41) is 19.1. The lowest BCUT2D eigenvalue weighted by Gasteiger charge is -2.25. The predicted molar refractivity (Wildman–Crippen MR) is 93.2 cm³/mol. The summed E-state index contributed by atoms with van der Waals surface area (Å²) < 4.78 is 1.65. The van der Waals surface area contributed by atoms with E-state index in [9.17, 15) is 15.0 Å². The second-order valence-corrected chi connectivity index (χ2v) is 6.69. The van der Waals surface area contributed by atoms with E-state index >= 15 is 0 Å². The zero-order valence-corrected chi connectivity index (χ0v) is 13.7. The quantitative estimate of drug-likeness (QED) is 0.677. The Balaban J connectivity index is 1.69. The molecule has 1 aliphatic rings. The van der Waals surface area contributed by atoms with Crippen molar-refractivity contribution in [1.82, 2.24) is 19.5 Å². The molecule has 0 amide bonds. The van der Waals surface area contributed by atoms with E-state index in [1.165, 1.54) is 0 Å². The highest BCUT2D eigenvalue weighted by Crippen LogP contribution is 2.26. The van der Waals surface area contributed by atoms with Gasteiger partial charge in [-0.25, -0.2) is 14.8 Å². The van der Waals surface area contributed by atoms with Gasteiger partial charge >= 0.3 is 5.69 Å². The molecular formula is C18H20N4O3. The number of rotatable bonds is 3. The summed E-state index contributed by atoms with van der Waals surface area (Å²) in [5.41, 5.74) is 2.29. The van der Waals surface area contributed by atoms with Crippen LogP contribution in [0.2, 0.25) is 0 Å². The highest BCUT2D eigenvalue weighted by atomic mass is 16.3. The molecule has 2 aromatic heterocycles. The van der Waals surface area contributed by atoms with Crippen LogP contribution in [0.25, 0.3) is 22.6 Å². The van der Waals surface area contributed by atoms with E-state index in [1.54, 1.807) is 35.0 Å². The summed E-state index contributed by atoms with van der Waals surface area (Å²) in [7, 11) is 0. The first-order valence-electron chi connectivity index (χ1n) is 8.53. The lowest BCUT2D eigenvalue weighted by molar-refractivity contribution is 0.104. The fourth-order valence-corrected chi connectivity index (χ4v) is 3.45. The lowest BCUT2D eigenvalue weighted by Crippen LogP contribution is -2.26. The maximum atomic E-state index is 12.3. The van der Waals surface area contributed by atoms with E-state index in [0.717, 1.165) is 31.2 Å². The Labute approximate surface area is 144 Å². The molecule has 2 heterocycles. The van der Waals surface area contributed by atoms with Gasteiger partial charge in [0.2, 0.25) is 0 Å². The largest absolute Gasteiger partial charge is 0.508 e. The molecule has 1 fully saturated rings. The van der Waals surface area contributed by atoms with E-state index < -0.39 is 0 Å². The summed E-state index contributed by atoms with van der Waals surface area (Å²) in [5.74, 6) is 0.551. The predicted octanol–water partition coefficient (Wildman–Crippen LogP) is 2.04. The smallest absolute Gasteiger partial charge is 0.328 e. The standard InChI is InChI=1S/C18H20N4O3/c23-13-5-1-11(2-6-13)10-22-17-16(21-18(22)25)19-9-15(20-17)12-3-7-14(24)8-4-12/h3-4,7-9,11,13,23-24H,1-2,5-6,10H2,(H,19,21,25). The van der Waals surface area contributed by atoms with Gasteiger partial charge in [0.1, 0.15) is 5.75 Å². The highest BCUT2D eigenvalue weighted by Gasteiger charge is 2.22. The number of aromatic hydroxyl groups is 1. The molecule has 1 aliphatic carbocycles. The number of benzene rings is 1. The SMILES string of the molecule is O=c1[nH]c2ncc(-c3ccc(O)cc3)nc2n1CC1CCC(O)CC1. The third-order valence-electron chi connectivity index (χ3n) is 4.90. The molecule has 0 unspecified atom stereocenters. The molecule has 130 valence electrons. The van der Waals surface area contributed by atoms with Gasteiger partial charge in [-0.15, -0.1) is 0 Å². The van der Waals surface area contributed by atoms with E-state index in [2.05, 4.69) is 15.0 Å². The molecule has 0 bridgehead atoms. The van der Waals surface area contributed by atoms with Crippen LogP contribution < -0.4 is 5.69 Å². The minimum atomic E-state index is -0.211. The van der Waals surface area contributed by atoms with Crippen LogP contribution in [-0.4, -0.2) is 35.8 Å². The van der Waals surface area contributed by atoms with Gasteiger partial charge in [0.25, 0.3) is 0 Å². The van der Waals surface area contributed by atoms with Gasteiger partial charge in [0.15, 0.2) is 11.3 Å². The number of phenolic OH excluding ortho intramolecular Hbond substituents is 1. The number of aromatic amines is 1. The number of hydrogen-bond acceptors (Lipinski definition) is 5. The van der Waals surface area contributed by atoms with Crippen molar-refractivity contribution >= 4 is 11.3 Å². The summed E-state index contributed by atoms with van der Waals surface area (Å²) in [6, 6.07) is 6.73. The molecule has 1 saturated carbocycles. The van der Waals surface area contributed by atoms with Crippen molar-refractivity contribution in [3.8, 4) is 17.0 Å². The highest BCUT2D eigenvalue weighted by molar-refractivity contribution is 5.71. The molecule has 0 radical (unpaired) electrons. The van der Waals surface area contributed by atoms with Gasteiger partial charge in [-0.3, -0.25) is 9.55 Å². The maximum Gasteiger partial charge on any atom is 0.328 e. The summed E-state index contributed by atoms with van der Waals surface area (Å²) in [4.78, 5) is 24.0. The Bertz CT molecular complexity index is 937. The van der Waals surface area contributed by atoms with E-state index in [1.807, 2.05) is 0 Å². The van der Waals surface area contributed by atoms with Gasteiger partial charge in [-0.05, 0) is 55.9 Å².